The number of hydrogen-bond acceptors (Lipinski definition) is 5. The van der Waals surface area contributed by atoms with Crippen LogP contribution in [0.5, 0.6) is 0 Å². The third-order valence-electron chi connectivity index (χ3n) is 1.43. The van der Waals surface area contributed by atoms with Crippen LogP contribution < -0.4 is 16.4 Å². The highest BCUT2D eigenvalue weighted by atomic mass is 16.6. The molecule has 1 aliphatic heterocycles. The first kappa shape index (κ1) is 9.96. The van der Waals surface area contributed by atoms with Gasteiger partial charge in [0.15, 0.2) is 0 Å². The molecule has 0 aromatic rings. The summed E-state index contributed by atoms with van der Waals surface area (Å²) in [7, 11) is 0. The molecule has 1 unspecified atom stereocenters. The van der Waals surface area contributed by atoms with Crippen LogP contribution in [0.1, 0.15) is 6.42 Å². The molecular formula is C6H7N3O5. The normalized spacial score (nSPS) is 20.7. The van der Waals surface area contributed by atoms with E-state index in [2.05, 4.69) is 15.8 Å². The third kappa shape index (κ3) is 2.44. The van der Waals surface area contributed by atoms with Crippen molar-refractivity contribution in [3.05, 3.63) is 0 Å². The maximum Gasteiger partial charge on any atom is 0.412 e. The molecule has 0 aromatic carbocycles. The predicted molar refractivity (Wildman–Crippen MR) is 40.8 cm³/mol. The second-order valence-corrected chi connectivity index (χ2v) is 2.52. The smallest absolute Gasteiger partial charge is 0.375 e. The molecule has 1 rings (SSSR count). The molecule has 76 valence electrons. The van der Waals surface area contributed by atoms with Crippen LogP contribution in [0, 0.1) is 0 Å². The summed E-state index contributed by atoms with van der Waals surface area (Å²) in [6.07, 6.45) is -1.56. The molecule has 1 saturated heterocycles. The van der Waals surface area contributed by atoms with Crippen LogP contribution in [-0.4, -0.2) is 30.0 Å². The molecule has 1 aliphatic rings. The minimum atomic E-state index is -1.28. The summed E-state index contributed by atoms with van der Waals surface area (Å²) in [5, 5.41) is 4.00. The zero-order valence-corrected chi connectivity index (χ0v) is 6.90. The fourth-order valence-corrected chi connectivity index (χ4v) is 0.921. The van der Waals surface area contributed by atoms with Crippen molar-refractivity contribution in [1.82, 2.24) is 10.6 Å². The summed E-state index contributed by atoms with van der Waals surface area (Å²) in [6, 6.07) is -1.98. The van der Waals surface area contributed by atoms with Crippen molar-refractivity contribution in [2.45, 2.75) is 12.5 Å². The van der Waals surface area contributed by atoms with Crippen molar-refractivity contribution in [3.8, 4) is 0 Å². The standard InChI is InChI=1S/C6H7N3O5/c7-5(12)14-4(11)2-1-3(10)9-6(13)8-2/h2H,1H2,(H2,7,12)(H2,8,9,10,13). The minimum Gasteiger partial charge on any atom is -0.375 e. The minimum absolute atomic E-state index is 0.280. The highest BCUT2D eigenvalue weighted by Gasteiger charge is 2.31. The Morgan fingerprint density at radius 1 is 1.43 bits per heavy atom. The molecule has 14 heavy (non-hydrogen) atoms. The molecule has 0 aromatic heterocycles. The number of urea groups is 1. The average Bonchev–Trinajstić information content (AvgIpc) is 2.00. The number of hydrogen-bond donors (Lipinski definition) is 3. The molecule has 0 saturated carbocycles. The average molecular weight is 201 g/mol. The van der Waals surface area contributed by atoms with E-state index in [1.165, 1.54) is 0 Å². The summed E-state index contributed by atoms with van der Waals surface area (Å²) in [6.45, 7) is 0. The topological polar surface area (TPSA) is 128 Å². The fourth-order valence-electron chi connectivity index (χ4n) is 0.921. The summed E-state index contributed by atoms with van der Waals surface area (Å²) in [5.74, 6) is -1.68. The first-order valence-electron chi connectivity index (χ1n) is 3.60. The Hall–Kier alpha value is -2.12. The molecule has 0 radical (unpaired) electrons. The van der Waals surface area contributed by atoms with Crippen LogP contribution in [-0.2, 0) is 14.3 Å². The molecule has 0 bridgehead atoms. The van der Waals surface area contributed by atoms with E-state index in [1.807, 2.05) is 5.32 Å². The number of imide groups is 1. The maximum atomic E-state index is 11.0. The lowest BCUT2D eigenvalue weighted by Crippen LogP contribution is -2.55. The van der Waals surface area contributed by atoms with E-state index < -0.39 is 30.0 Å². The lowest BCUT2D eigenvalue weighted by molar-refractivity contribution is -0.141. The summed E-state index contributed by atoms with van der Waals surface area (Å²) in [4.78, 5) is 42.6. The molecule has 1 atom stereocenters. The van der Waals surface area contributed by atoms with Gasteiger partial charge in [-0.15, -0.1) is 0 Å². The number of nitrogens with two attached hydrogens (primary N) is 1. The van der Waals surface area contributed by atoms with E-state index in [0.717, 1.165) is 0 Å². The number of rotatable bonds is 1. The summed E-state index contributed by atoms with van der Waals surface area (Å²) >= 11 is 0. The molecule has 0 aliphatic carbocycles. The van der Waals surface area contributed by atoms with E-state index >= 15 is 0 Å². The van der Waals surface area contributed by atoms with Gasteiger partial charge in [-0.2, -0.15) is 0 Å². The number of esters is 1. The number of amides is 4. The Kier molecular flexibility index (Phi) is 2.65. The second kappa shape index (κ2) is 3.73. The molecule has 1 heterocycles. The van der Waals surface area contributed by atoms with Crippen LogP contribution in [0.25, 0.3) is 0 Å². The molecule has 0 spiro atoms. The molecular weight excluding hydrogens is 194 g/mol. The number of carbonyl (C=O) groups excluding carboxylic acids is 4. The number of primary amides is 1. The van der Waals surface area contributed by atoms with E-state index in [9.17, 15) is 19.2 Å². The van der Waals surface area contributed by atoms with Gasteiger partial charge in [0.2, 0.25) is 5.91 Å². The Labute approximate surface area is 77.8 Å². The van der Waals surface area contributed by atoms with Crippen LogP contribution in [0.2, 0.25) is 0 Å². The van der Waals surface area contributed by atoms with Crippen molar-refractivity contribution in [2.75, 3.05) is 0 Å². The van der Waals surface area contributed by atoms with Gasteiger partial charge in [-0.3, -0.25) is 10.1 Å². The second-order valence-electron chi connectivity index (χ2n) is 2.52. The molecule has 4 amide bonds. The largest absolute Gasteiger partial charge is 0.412 e. The van der Waals surface area contributed by atoms with Crippen molar-refractivity contribution in [1.29, 1.82) is 0 Å². The van der Waals surface area contributed by atoms with Crippen molar-refractivity contribution >= 4 is 24.0 Å². The lowest BCUT2D eigenvalue weighted by atomic mass is 10.2. The summed E-state index contributed by atoms with van der Waals surface area (Å²) in [5.41, 5.74) is 4.57. The molecule has 8 heteroatoms. The predicted octanol–water partition coefficient (Wildman–Crippen LogP) is -1.79. The molecule has 1 fully saturated rings. The Balaban J connectivity index is 2.59. The maximum absolute atomic E-state index is 11.0. The van der Waals surface area contributed by atoms with Gasteiger partial charge in [0.1, 0.15) is 6.04 Å². The SMILES string of the molecule is NC(=O)OC(=O)C1CC(=O)NC(=O)N1. The Morgan fingerprint density at radius 2 is 2.07 bits per heavy atom. The highest BCUT2D eigenvalue weighted by Crippen LogP contribution is 2.00. The molecule has 4 N–H and O–H groups in total. The monoisotopic (exact) mass is 201 g/mol. The van der Waals surface area contributed by atoms with Gasteiger partial charge >= 0.3 is 18.1 Å². The quantitative estimate of drug-likeness (QED) is 0.341. The van der Waals surface area contributed by atoms with Gasteiger partial charge in [-0.05, 0) is 0 Å². The Morgan fingerprint density at radius 3 is 2.57 bits per heavy atom. The summed E-state index contributed by atoms with van der Waals surface area (Å²) < 4.78 is 3.99. The van der Waals surface area contributed by atoms with Gasteiger partial charge in [0.25, 0.3) is 0 Å². The van der Waals surface area contributed by atoms with E-state index in [4.69, 9.17) is 0 Å². The fraction of sp³-hybridized carbons (Fsp3) is 0.333. The Bertz CT molecular complexity index is 297. The first-order valence-corrected chi connectivity index (χ1v) is 3.60. The van der Waals surface area contributed by atoms with Crippen LogP contribution >= 0.6 is 0 Å². The lowest BCUT2D eigenvalue weighted by Gasteiger charge is -2.20. The van der Waals surface area contributed by atoms with Crippen LogP contribution in [0.3, 0.4) is 0 Å². The van der Waals surface area contributed by atoms with Crippen molar-refractivity contribution in [3.63, 3.8) is 0 Å². The van der Waals surface area contributed by atoms with Gasteiger partial charge in [-0.1, -0.05) is 0 Å². The number of nitrogens with one attached hydrogen (secondary N) is 2. The zero-order valence-electron chi connectivity index (χ0n) is 6.90. The van der Waals surface area contributed by atoms with E-state index in [1.54, 1.807) is 0 Å². The van der Waals surface area contributed by atoms with Gasteiger partial charge in [-0.25, -0.2) is 14.4 Å². The van der Waals surface area contributed by atoms with Gasteiger partial charge in [0.05, 0.1) is 6.42 Å². The third-order valence-corrected chi connectivity index (χ3v) is 1.43. The van der Waals surface area contributed by atoms with Crippen LogP contribution in [0.15, 0.2) is 0 Å². The van der Waals surface area contributed by atoms with E-state index in [0.29, 0.717) is 0 Å². The van der Waals surface area contributed by atoms with Gasteiger partial charge < -0.3 is 15.8 Å². The number of ether oxygens (including phenoxy) is 1. The van der Waals surface area contributed by atoms with Gasteiger partial charge in [0, 0.05) is 0 Å². The van der Waals surface area contributed by atoms with Crippen LogP contribution in [0.4, 0.5) is 9.59 Å². The van der Waals surface area contributed by atoms with Crippen molar-refractivity contribution < 1.29 is 23.9 Å². The van der Waals surface area contributed by atoms with E-state index in [-0.39, 0.29) is 6.42 Å². The first-order chi connectivity index (χ1) is 6.49. The molecule has 8 nitrogen and oxygen atoms in total. The zero-order chi connectivity index (χ0) is 10.7. The highest BCUT2D eigenvalue weighted by molar-refractivity contribution is 6.02. The number of carbonyl (C=O) groups is 4. The van der Waals surface area contributed by atoms with Crippen molar-refractivity contribution in [2.24, 2.45) is 5.73 Å².